The molecule has 2 aromatic carbocycles. The van der Waals surface area contributed by atoms with Gasteiger partial charge >= 0.3 is 0 Å². The summed E-state index contributed by atoms with van der Waals surface area (Å²) >= 11 is 0. The molecule has 1 amide bonds. The van der Waals surface area contributed by atoms with Gasteiger partial charge in [-0.1, -0.05) is 0 Å². The molecule has 0 aliphatic carbocycles. The second kappa shape index (κ2) is 6.00. The van der Waals surface area contributed by atoms with Gasteiger partial charge in [-0.2, -0.15) is 0 Å². The molecule has 0 fully saturated rings. The number of aromatic amines is 1. The van der Waals surface area contributed by atoms with Crippen molar-refractivity contribution in [2.45, 2.75) is 0 Å². The van der Waals surface area contributed by atoms with Crippen molar-refractivity contribution in [3.8, 4) is 11.5 Å². The van der Waals surface area contributed by atoms with Crippen molar-refractivity contribution in [1.29, 1.82) is 0 Å². The molecule has 0 bridgehead atoms. The van der Waals surface area contributed by atoms with Crippen LogP contribution in [0.4, 0.5) is 10.1 Å². The van der Waals surface area contributed by atoms with Crippen molar-refractivity contribution in [2.24, 2.45) is 0 Å². The van der Waals surface area contributed by atoms with Gasteiger partial charge in [-0.05, 0) is 36.4 Å². The molecule has 0 saturated heterocycles. The van der Waals surface area contributed by atoms with E-state index < -0.39 is 0 Å². The van der Waals surface area contributed by atoms with Crippen molar-refractivity contribution in [3.05, 3.63) is 54.0 Å². The number of anilines is 1. The highest BCUT2D eigenvalue weighted by atomic mass is 19.1. The second-order valence-corrected chi connectivity index (χ2v) is 4.94. The van der Waals surface area contributed by atoms with Crippen LogP contribution in [0.15, 0.2) is 42.5 Å². The molecule has 0 atom stereocenters. The summed E-state index contributed by atoms with van der Waals surface area (Å²) in [4.78, 5) is 15.2. The molecule has 3 rings (SSSR count). The largest absolute Gasteiger partial charge is 0.493 e. The number of H-pyrrole nitrogens is 1. The minimum Gasteiger partial charge on any atom is -0.493 e. The number of rotatable bonds is 4. The molecule has 0 aliphatic heterocycles. The van der Waals surface area contributed by atoms with Crippen LogP contribution in [0, 0.1) is 5.82 Å². The molecule has 2 N–H and O–H groups in total. The summed E-state index contributed by atoms with van der Waals surface area (Å²) in [6, 6.07) is 11.1. The van der Waals surface area contributed by atoms with E-state index in [0.29, 0.717) is 28.4 Å². The Morgan fingerprint density at radius 3 is 2.57 bits per heavy atom. The van der Waals surface area contributed by atoms with Crippen LogP contribution in [0.2, 0.25) is 0 Å². The van der Waals surface area contributed by atoms with E-state index in [1.54, 1.807) is 37.4 Å². The number of fused-ring (bicyclic) bond motifs is 1. The van der Waals surface area contributed by atoms with Crippen molar-refractivity contribution in [2.75, 3.05) is 19.5 Å². The Hall–Kier alpha value is -3.02. The van der Waals surface area contributed by atoms with Gasteiger partial charge in [0.05, 0.1) is 14.2 Å². The van der Waals surface area contributed by atoms with Gasteiger partial charge in [0.2, 0.25) is 0 Å². The molecule has 23 heavy (non-hydrogen) atoms. The molecule has 0 saturated carbocycles. The Balaban J connectivity index is 1.85. The predicted molar refractivity (Wildman–Crippen MR) is 85.8 cm³/mol. The minimum atomic E-state index is -0.355. The SMILES string of the molecule is COc1ccc(NC(=O)c2cc3ccc(F)cc3[nH]2)cc1OC. The third kappa shape index (κ3) is 2.96. The van der Waals surface area contributed by atoms with E-state index in [4.69, 9.17) is 9.47 Å². The van der Waals surface area contributed by atoms with E-state index in [2.05, 4.69) is 10.3 Å². The zero-order chi connectivity index (χ0) is 16.4. The van der Waals surface area contributed by atoms with Gasteiger partial charge in [-0.3, -0.25) is 4.79 Å². The van der Waals surface area contributed by atoms with Crippen LogP contribution in [0.3, 0.4) is 0 Å². The Kier molecular flexibility index (Phi) is 3.89. The van der Waals surface area contributed by atoms with E-state index >= 15 is 0 Å². The Bertz CT molecular complexity index is 873. The van der Waals surface area contributed by atoms with Crippen LogP contribution in [-0.4, -0.2) is 25.1 Å². The number of benzene rings is 2. The molecule has 1 heterocycles. The van der Waals surface area contributed by atoms with E-state index in [9.17, 15) is 9.18 Å². The Morgan fingerprint density at radius 2 is 1.83 bits per heavy atom. The lowest BCUT2D eigenvalue weighted by Gasteiger charge is -2.10. The van der Waals surface area contributed by atoms with Crippen LogP contribution in [0.25, 0.3) is 10.9 Å². The molecule has 6 heteroatoms. The van der Waals surface area contributed by atoms with E-state index in [0.717, 1.165) is 5.39 Å². The number of carbonyl (C=O) groups excluding carboxylic acids is 1. The first kappa shape index (κ1) is 14.9. The maximum atomic E-state index is 13.2. The van der Waals surface area contributed by atoms with E-state index in [-0.39, 0.29) is 11.7 Å². The normalized spacial score (nSPS) is 10.6. The summed E-state index contributed by atoms with van der Waals surface area (Å²) in [5.74, 6) is 0.413. The van der Waals surface area contributed by atoms with Gasteiger partial charge in [0.1, 0.15) is 11.5 Å². The number of aromatic nitrogens is 1. The van der Waals surface area contributed by atoms with Crippen molar-refractivity contribution in [1.82, 2.24) is 4.98 Å². The van der Waals surface area contributed by atoms with Gasteiger partial charge < -0.3 is 19.8 Å². The summed E-state index contributed by atoms with van der Waals surface area (Å²) in [5, 5.41) is 3.53. The van der Waals surface area contributed by atoms with Crippen LogP contribution < -0.4 is 14.8 Å². The highest BCUT2D eigenvalue weighted by Gasteiger charge is 2.12. The number of methoxy groups -OCH3 is 2. The molecule has 0 unspecified atom stereocenters. The third-order valence-electron chi connectivity index (χ3n) is 3.47. The summed E-state index contributed by atoms with van der Waals surface area (Å²) in [7, 11) is 3.06. The van der Waals surface area contributed by atoms with Gasteiger partial charge in [0.25, 0.3) is 5.91 Å². The molecular weight excluding hydrogens is 299 g/mol. The van der Waals surface area contributed by atoms with Crippen LogP contribution in [0.5, 0.6) is 11.5 Å². The standard InChI is InChI=1S/C17H15FN2O3/c1-22-15-6-5-12(9-16(15)23-2)19-17(21)14-7-10-3-4-11(18)8-13(10)20-14/h3-9,20H,1-2H3,(H,19,21). The number of carbonyl (C=O) groups is 1. The first-order valence-electron chi connectivity index (χ1n) is 6.92. The number of nitrogens with one attached hydrogen (secondary N) is 2. The first-order chi connectivity index (χ1) is 11.1. The third-order valence-corrected chi connectivity index (χ3v) is 3.47. The van der Waals surface area contributed by atoms with E-state index in [1.807, 2.05) is 0 Å². The topological polar surface area (TPSA) is 63.3 Å². The summed E-state index contributed by atoms with van der Waals surface area (Å²) in [5.41, 5.74) is 1.49. The molecule has 0 radical (unpaired) electrons. The monoisotopic (exact) mass is 314 g/mol. The number of hydrogen-bond acceptors (Lipinski definition) is 3. The summed E-state index contributed by atoms with van der Waals surface area (Å²) < 4.78 is 23.6. The highest BCUT2D eigenvalue weighted by Crippen LogP contribution is 2.30. The molecule has 0 spiro atoms. The number of halogens is 1. The van der Waals surface area contributed by atoms with Crippen molar-refractivity contribution < 1.29 is 18.7 Å². The van der Waals surface area contributed by atoms with Crippen LogP contribution in [-0.2, 0) is 0 Å². The Labute approximate surface area is 132 Å². The van der Waals surface area contributed by atoms with Gasteiger partial charge in [0.15, 0.2) is 11.5 Å². The fraction of sp³-hybridized carbons (Fsp3) is 0.118. The highest BCUT2D eigenvalue weighted by molar-refractivity contribution is 6.06. The summed E-state index contributed by atoms with van der Waals surface area (Å²) in [6.07, 6.45) is 0. The zero-order valence-corrected chi connectivity index (χ0v) is 12.6. The van der Waals surface area contributed by atoms with Gasteiger partial charge in [-0.15, -0.1) is 0 Å². The molecule has 5 nitrogen and oxygen atoms in total. The molecule has 0 aliphatic rings. The average Bonchev–Trinajstić information content (AvgIpc) is 2.97. The fourth-order valence-electron chi connectivity index (χ4n) is 2.33. The van der Waals surface area contributed by atoms with Gasteiger partial charge in [0, 0.05) is 22.7 Å². The summed E-state index contributed by atoms with van der Waals surface area (Å²) in [6.45, 7) is 0. The quantitative estimate of drug-likeness (QED) is 0.774. The molecule has 1 aromatic heterocycles. The Morgan fingerprint density at radius 1 is 1.04 bits per heavy atom. The average molecular weight is 314 g/mol. The lowest BCUT2D eigenvalue weighted by molar-refractivity contribution is 0.102. The number of ether oxygens (including phenoxy) is 2. The second-order valence-electron chi connectivity index (χ2n) is 4.94. The lowest BCUT2D eigenvalue weighted by Crippen LogP contribution is -2.12. The molecule has 118 valence electrons. The molecular formula is C17H15FN2O3. The van der Waals surface area contributed by atoms with Gasteiger partial charge in [-0.25, -0.2) is 4.39 Å². The van der Waals surface area contributed by atoms with E-state index in [1.165, 1.54) is 19.2 Å². The van der Waals surface area contributed by atoms with Crippen LogP contribution >= 0.6 is 0 Å². The first-order valence-corrected chi connectivity index (χ1v) is 6.92. The maximum Gasteiger partial charge on any atom is 0.272 e. The minimum absolute atomic E-state index is 0.325. The fourth-order valence-corrected chi connectivity index (χ4v) is 2.33. The zero-order valence-electron chi connectivity index (χ0n) is 12.6. The lowest BCUT2D eigenvalue weighted by atomic mass is 10.2. The van der Waals surface area contributed by atoms with Crippen molar-refractivity contribution in [3.63, 3.8) is 0 Å². The maximum absolute atomic E-state index is 13.2. The molecule has 3 aromatic rings. The predicted octanol–water partition coefficient (Wildman–Crippen LogP) is 3.58. The van der Waals surface area contributed by atoms with Crippen molar-refractivity contribution >= 4 is 22.5 Å². The number of hydrogen-bond donors (Lipinski definition) is 2. The smallest absolute Gasteiger partial charge is 0.272 e. The number of amides is 1. The van der Waals surface area contributed by atoms with Crippen LogP contribution in [0.1, 0.15) is 10.5 Å².